The van der Waals surface area contributed by atoms with Gasteiger partial charge in [-0.1, -0.05) is 26.0 Å². The average molecular weight is 420 g/mol. The van der Waals surface area contributed by atoms with Crippen molar-refractivity contribution in [3.63, 3.8) is 0 Å². The Hall–Kier alpha value is -1.93. The quantitative estimate of drug-likeness (QED) is 0.737. The second-order valence-corrected chi connectivity index (χ2v) is 7.59. The normalized spacial score (nSPS) is 16.7. The molecule has 6 nitrogen and oxygen atoms in total. The van der Waals surface area contributed by atoms with Crippen LogP contribution in [0.3, 0.4) is 0 Å². The van der Waals surface area contributed by atoms with Gasteiger partial charge in [0.15, 0.2) is 0 Å². The molecule has 28 heavy (non-hydrogen) atoms. The Morgan fingerprint density at radius 1 is 1.36 bits per heavy atom. The molecule has 158 valence electrons. The van der Waals surface area contributed by atoms with E-state index >= 15 is 0 Å². The maximum atomic E-state index is 12.9. The van der Waals surface area contributed by atoms with Crippen molar-refractivity contribution >= 4 is 24.2 Å². The van der Waals surface area contributed by atoms with E-state index in [1.54, 1.807) is 18.0 Å². The van der Waals surface area contributed by atoms with Gasteiger partial charge in [-0.05, 0) is 36.9 Å². The Balaban J connectivity index is 0.00000392. The van der Waals surface area contributed by atoms with Crippen LogP contribution < -0.4 is 10.5 Å². The highest BCUT2D eigenvalue weighted by molar-refractivity contribution is 6.00. The third-order valence-electron chi connectivity index (χ3n) is 4.73. The van der Waals surface area contributed by atoms with Gasteiger partial charge in [0.05, 0.1) is 5.56 Å². The summed E-state index contributed by atoms with van der Waals surface area (Å²) in [5.41, 5.74) is 5.53. The zero-order valence-corrected chi connectivity index (χ0v) is 17.2. The van der Waals surface area contributed by atoms with Crippen molar-refractivity contribution in [1.29, 1.82) is 0 Å². The molecule has 1 unspecified atom stereocenters. The van der Waals surface area contributed by atoms with Crippen molar-refractivity contribution in [1.82, 2.24) is 9.80 Å². The molecule has 1 aromatic carbocycles. The summed E-state index contributed by atoms with van der Waals surface area (Å²) >= 11 is 0. The zero-order valence-electron chi connectivity index (χ0n) is 16.4. The first kappa shape index (κ1) is 24.1. The summed E-state index contributed by atoms with van der Waals surface area (Å²) in [6.07, 6.45) is 1.21. The summed E-state index contributed by atoms with van der Waals surface area (Å²) in [4.78, 5) is 28.9. The summed E-state index contributed by atoms with van der Waals surface area (Å²) in [5, 5.41) is 0. The first-order chi connectivity index (χ1) is 12.7. The molecule has 0 radical (unpaired) electrons. The number of para-hydroxylation sites is 1. The highest BCUT2D eigenvalue weighted by Gasteiger charge is 2.37. The van der Waals surface area contributed by atoms with Crippen LogP contribution in [-0.4, -0.2) is 60.9 Å². The molecule has 1 atom stereocenters. The Kier molecular flexibility index (Phi) is 8.63. The molecule has 1 heterocycles. The number of alkyl halides is 2. The van der Waals surface area contributed by atoms with Gasteiger partial charge in [-0.25, -0.2) is 0 Å². The number of ether oxygens (including phenoxy) is 1. The number of nitrogens with two attached hydrogens (primary N) is 1. The number of hydrogen-bond donors (Lipinski definition) is 1. The number of halogens is 3. The summed E-state index contributed by atoms with van der Waals surface area (Å²) in [5.74, 6) is -0.837. The van der Waals surface area contributed by atoms with E-state index in [2.05, 4.69) is 4.74 Å². The van der Waals surface area contributed by atoms with Crippen molar-refractivity contribution in [3.05, 3.63) is 29.8 Å². The van der Waals surface area contributed by atoms with Crippen molar-refractivity contribution in [3.8, 4) is 5.75 Å². The van der Waals surface area contributed by atoms with Crippen LogP contribution in [0.2, 0.25) is 0 Å². The zero-order chi connectivity index (χ0) is 20.2. The fourth-order valence-electron chi connectivity index (χ4n) is 3.30. The van der Waals surface area contributed by atoms with Crippen LogP contribution in [0.15, 0.2) is 24.3 Å². The number of nitrogens with zero attached hydrogens (tertiary/aromatic N) is 2. The first-order valence-electron chi connectivity index (χ1n) is 8.96. The lowest BCUT2D eigenvalue weighted by atomic mass is 9.93. The lowest BCUT2D eigenvalue weighted by Gasteiger charge is -2.33. The van der Waals surface area contributed by atoms with Gasteiger partial charge >= 0.3 is 6.61 Å². The molecule has 1 saturated heterocycles. The van der Waals surface area contributed by atoms with E-state index in [0.29, 0.717) is 32.5 Å². The van der Waals surface area contributed by atoms with Crippen LogP contribution in [0.1, 0.15) is 37.0 Å². The van der Waals surface area contributed by atoms with Crippen LogP contribution >= 0.6 is 12.4 Å². The van der Waals surface area contributed by atoms with E-state index in [1.807, 2.05) is 13.8 Å². The van der Waals surface area contributed by atoms with Gasteiger partial charge < -0.3 is 20.3 Å². The number of likely N-dealkylation sites (N-methyl/N-ethyl adjacent to an activating group) is 1. The molecule has 2 N–H and O–H groups in total. The van der Waals surface area contributed by atoms with Crippen LogP contribution in [0.5, 0.6) is 5.75 Å². The van der Waals surface area contributed by atoms with E-state index in [-0.39, 0.29) is 35.0 Å². The SMILES string of the molecule is CN(CC(C)(C)CN)C(=O)C1CCCN1C(=O)c1ccccc1OC(F)F.Cl. The molecule has 0 aliphatic carbocycles. The molecule has 0 spiro atoms. The molecule has 2 amide bonds. The van der Waals surface area contributed by atoms with Gasteiger partial charge in [-0.2, -0.15) is 8.78 Å². The summed E-state index contributed by atoms with van der Waals surface area (Å²) in [6, 6.07) is 5.23. The molecule has 2 rings (SSSR count). The Bertz CT molecular complexity index is 688. The molecular weight excluding hydrogens is 392 g/mol. The predicted molar refractivity (Wildman–Crippen MR) is 105 cm³/mol. The largest absolute Gasteiger partial charge is 0.434 e. The van der Waals surface area contributed by atoms with Gasteiger partial charge in [0.2, 0.25) is 5.91 Å². The van der Waals surface area contributed by atoms with Crippen LogP contribution in [0, 0.1) is 5.41 Å². The lowest BCUT2D eigenvalue weighted by Crippen LogP contribution is -2.49. The maximum Gasteiger partial charge on any atom is 0.387 e. The second-order valence-electron chi connectivity index (χ2n) is 7.59. The van der Waals surface area contributed by atoms with Crippen LogP contribution in [-0.2, 0) is 4.79 Å². The van der Waals surface area contributed by atoms with E-state index in [1.165, 1.54) is 23.1 Å². The average Bonchev–Trinajstić information content (AvgIpc) is 3.09. The van der Waals surface area contributed by atoms with Gasteiger partial charge in [0.25, 0.3) is 5.91 Å². The third kappa shape index (κ3) is 5.78. The number of benzene rings is 1. The van der Waals surface area contributed by atoms with E-state index in [9.17, 15) is 18.4 Å². The Morgan fingerprint density at radius 2 is 2.00 bits per heavy atom. The van der Waals surface area contributed by atoms with Crippen molar-refractivity contribution in [2.75, 3.05) is 26.7 Å². The Morgan fingerprint density at radius 3 is 2.61 bits per heavy atom. The molecule has 9 heteroatoms. The van der Waals surface area contributed by atoms with Crippen molar-refractivity contribution < 1.29 is 23.1 Å². The summed E-state index contributed by atoms with van der Waals surface area (Å²) < 4.78 is 29.7. The molecule has 0 bridgehead atoms. The van der Waals surface area contributed by atoms with Gasteiger partial charge in [0, 0.05) is 20.1 Å². The van der Waals surface area contributed by atoms with E-state index < -0.39 is 18.6 Å². The van der Waals surface area contributed by atoms with Gasteiger partial charge in [0.1, 0.15) is 11.8 Å². The first-order valence-corrected chi connectivity index (χ1v) is 8.96. The van der Waals surface area contributed by atoms with Crippen LogP contribution in [0.25, 0.3) is 0 Å². The Labute approximate surface area is 170 Å². The number of carbonyl (C=O) groups is 2. The number of rotatable bonds is 7. The molecule has 1 fully saturated rings. The van der Waals surface area contributed by atoms with E-state index in [4.69, 9.17) is 5.73 Å². The molecule has 1 aromatic rings. The number of carbonyl (C=O) groups excluding carboxylic acids is 2. The molecule has 1 aliphatic rings. The van der Waals surface area contributed by atoms with Gasteiger partial charge in [-0.3, -0.25) is 9.59 Å². The lowest BCUT2D eigenvalue weighted by molar-refractivity contribution is -0.135. The molecular formula is C19H28ClF2N3O3. The molecule has 1 aliphatic heterocycles. The third-order valence-corrected chi connectivity index (χ3v) is 4.73. The van der Waals surface area contributed by atoms with E-state index in [0.717, 1.165) is 0 Å². The minimum Gasteiger partial charge on any atom is -0.434 e. The smallest absolute Gasteiger partial charge is 0.387 e. The minimum absolute atomic E-state index is 0. The summed E-state index contributed by atoms with van der Waals surface area (Å²) in [7, 11) is 1.69. The van der Waals surface area contributed by atoms with Crippen molar-refractivity contribution in [2.45, 2.75) is 39.3 Å². The maximum absolute atomic E-state index is 12.9. The fraction of sp³-hybridized carbons (Fsp3) is 0.579. The highest BCUT2D eigenvalue weighted by Crippen LogP contribution is 2.27. The number of hydrogen-bond acceptors (Lipinski definition) is 4. The van der Waals surface area contributed by atoms with Crippen molar-refractivity contribution in [2.24, 2.45) is 11.1 Å². The highest BCUT2D eigenvalue weighted by atomic mass is 35.5. The number of amides is 2. The molecule has 0 saturated carbocycles. The van der Waals surface area contributed by atoms with Gasteiger partial charge in [-0.15, -0.1) is 12.4 Å². The predicted octanol–water partition coefficient (Wildman–Crippen LogP) is 2.76. The summed E-state index contributed by atoms with van der Waals surface area (Å²) in [6.45, 7) is 2.19. The monoisotopic (exact) mass is 419 g/mol. The topological polar surface area (TPSA) is 75.9 Å². The minimum atomic E-state index is -3.03. The molecule has 0 aromatic heterocycles. The standard InChI is InChI=1S/C19H27F2N3O3.ClH/c1-19(2,11-22)12-23(3)17(26)14-8-6-10-24(14)16(25)13-7-4-5-9-15(13)27-18(20)21;/h4-5,7,9,14,18H,6,8,10-12,22H2,1-3H3;1H. The van der Waals surface area contributed by atoms with Crippen LogP contribution in [0.4, 0.5) is 8.78 Å². The fourth-order valence-corrected chi connectivity index (χ4v) is 3.30. The second kappa shape index (κ2) is 10.0. The number of likely N-dealkylation sites (tertiary alicyclic amines) is 1.